The second-order valence-electron chi connectivity index (χ2n) is 6.30. The zero-order valence-corrected chi connectivity index (χ0v) is 13.2. The third-order valence-electron chi connectivity index (χ3n) is 4.69. The first-order chi connectivity index (χ1) is 10.1. The quantitative estimate of drug-likeness (QED) is 0.901. The van der Waals surface area contributed by atoms with Crippen LogP contribution in [0.5, 0.6) is 0 Å². The van der Waals surface area contributed by atoms with E-state index in [-0.39, 0.29) is 17.5 Å². The number of hydrogen-bond donors (Lipinski definition) is 1. The van der Waals surface area contributed by atoms with E-state index in [1.165, 1.54) is 12.8 Å². The van der Waals surface area contributed by atoms with Crippen LogP contribution in [-0.4, -0.2) is 42.7 Å². The van der Waals surface area contributed by atoms with Gasteiger partial charge in [0.2, 0.25) is 5.89 Å². The Hall–Kier alpha value is -0.950. The van der Waals surface area contributed by atoms with Gasteiger partial charge in [0, 0.05) is 24.9 Å². The number of rotatable bonds is 4. The predicted octanol–water partition coefficient (Wildman–Crippen LogP) is 1.29. The zero-order chi connectivity index (χ0) is 14.9. The lowest BCUT2D eigenvalue weighted by Crippen LogP contribution is -2.46. The molecule has 1 aromatic heterocycles. The highest BCUT2D eigenvalue weighted by Crippen LogP contribution is 2.38. The van der Waals surface area contributed by atoms with Crippen LogP contribution >= 0.6 is 0 Å². The molecule has 0 radical (unpaired) electrons. The normalized spacial score (nSPS) is 32.3. The van der Waals surface area contributed by atoms with Crippen molar-refractivity contribution in [3.8, 4) is 0 Å². The summed E-state index contributed by atoms with van der Waals surface area (Å²) in [5.74, 6) is 2.93. The summed E-state index contributed by atoms with van der Waals surface area (Å²) in [6, 6.07) is -0.107. The smallest absolute Gasteiger partial charge is 0.228 e. The summed E-state index contributed by atoms with van der Waals surface area (Å²) >= 11 is 0. The highest BCUT2D eigenvalue weighted by Gasteiger charge is 2.30. The first kappa shape index (κ1) is 15.0. The molecule has 0 bridgehead atoms. The lowest BCUT2D eigenvalue weighted by molar-refractivity contribution is 0.354. The van der Waals surface area contributed by atoms with E-state index in [1.807, 2.05) is 0 Å². The van der Waals surface area contributed by atoms with E-state index in [4.69, 9.17) is 4.52 Å². The summed E-state index contributed by atoms with van der Waals surface area (Å²) in [5, 5.41) is 7.32. The molecule has 1 N–H and O–H groups in total. The van der Waals surface area contributed by atoms with Gasteiger partial charge >= 0.3 is 0 Å². The Morgan fingerprint density at radius 2 is 2.24 bits per heavy atom. The van der Waals surface area contributed by atoms with Gasteiger partial charge in [0.25, 0.3) is 0 Å². The molecule has 1 aliphatic carbocycles. The van der Waals surface area contributed by atoms with Crippen LogP contribution in [0.4, 0.5) is 0 Å². The van der Waals surface area contributed by atoms with Gasteiger partial charge in [0.15, 0.2) is 15.7 Å². The summed E-state index contributed by atoms with van der Waals surface area (Å²) in [4.78, 5) is 4.49. The van der Waals surface area contributed by atoms with E-state index in [1.54, 1.807) is 0 Å². The molecule has 118 valence electrons. The Morgan fingerprint density at radius 1 is 1.38 bits per heavy atom. The van der Waals surface area contributed by atoms with Gasteiger partial charge in [0.1, 0.15) is 0 Å². The van der Waals surface area contributed by atoms with E-state index < -0.39 is 9.84 Å². The monoisotopic (exact) mass is 313 g/mol. The van der Waals surface area contributed by atoms with Gasteiger partial charge in [0.05, 0.1) is 11.5 Å². The van der Waals surface area contributed by atoms with Crippen LogP contribution in [-0.2, 0) is 16.3 Å². The molecule has 0 aromatic carbocycles. The molecule has 2 aliphatic rings. The van der Waals surface area contributed by atoms with Crippen LogP contribution in [0.3, 0.4) is 0 Å². The summed E-state index contributed by atoms with van der Waals surface area (Å²) in [6.45, 7) is 2.73. The van der Waals surface area contributed by atoms with E-state index in [2.05, 4.69) is 22.4 Å². The summed E-state index contributed by atoms with van der Waals surface area (Å²) in [7, 11) is -2.92. The molecule has 0 spiro atoms. The predicted molar refractivity (Wildman–Crippen MR) is 78.8 cm³/mol. The number of aromatic nitrogens is 2. The van der Waals surface area contributed by atoms with Gasteiger partial charge in [-0.2, -0.15) is 4.98 Å². The third kappa shape index (κ3) is 3.63. The molecular weight excluding hydrogens is 290 g/mol. The lowest BCUT2D eigenvalue weighted by Gasteiger charge is -2.22. The maximum absolute atomic E-state index is 11.6. The largest absolute Gasteiger partial charge is 0.339 e. The van der Waals surface area contributed by atoms with E-state index in [9.17, 15) is 8.42 Å². The van der Waals surface area contributed by atoms with Crippen molar-refractivity contribution in [1.82, 2.24) is 15.5 Å². The molecule has 3 atom stereocenters. The minimum Gasteiger partial charge on any atom is -0.339 e. The maximum Gasteiger partial charge on any atom is 0.228 e. The average molecular weight is 313 g/mol. The van der Waals surface area contributed by atoms with Crippen molar-refractivity contribution in [3.05, 3.63) is 11.7 Å². The summed E-state index contributed by atoms with van der Waals surface area (Å²) in [5.41, 5.74) is 0. The van der Waals surface area contributed by atoms with Crippen LogP contribution in [0.2, 0.25) is 0 Å². The van der Waals surface area contributed by atoms with Crippen LogP contribution in [0.1, 0.15) is 50.2 Å². The van der Waals surface area contributed by atoms with Gasteiger partial charge in [-0.25, -0.2) is 8.42 Å². The van der Waals surface area contributed by atoms with Gasteiger partial charge < -0.3 is 9.84 Å². The van der Waals surface area contributed by atoms with Crippen LogP contribution in [0, 0.1) is 5.92 Å². The number of sulfone groups is 1. The minimum atomic E-state index is -2.92. The minimum absolute atomic E-state index is 0.107. The van der Waals surface area contributed by atoms with Crippen LogP contribution in [0.25, 0.3) is 0 Å². The Bertz CT molecular complexity index is 584. The van der Waals surface area contributed by atoms with Crippen LogP contribution < -0.4 is 5.32 Å². The number of nitrogens with one attached hydrogen (secondary N) is 1. The highest BCUT2D eigenvalue weighted by molar-refractivity contribution is 7.91. The Labute approximate surface area is 125 Å². The van der Waals surface area contributed by atoms with E-state index >= 15 is 0 Å². The fourth-order valence-electron chi connectivity index (χ4n) is 3.41. The SMILES string of the molecule is CCC1CCC(c2noc(CC3CS(=O)(=O)CCN3)n2)C1. The van der Waals surface area contributed by atoms with Crippen molar-refractivity contribution in [3.63, 3.8) is 0 Å². The molecule has 1 aliphatic heterocycles. The van der Waals surface area contributed by atoms with Crippen molar-refractivity contribution in [1.29, 1.82) is 0 Å². The maximum atomic E-state index is 11.6. The van der Waals surface area contributed by atoms with Gasteiger partial charge in [-0.3, -0.25) is 0 Å². The van der Waals surface area contributed by atoms with Crippen molar-refractivity contribution in [2.75, 3.05) is 18.1 Å². The van der Waals surface area contributed by atoms with Gasteiger partial charge in [-0.05, 0) is 25.2 Å². The molecule has 1 saturated heterocycles. The topological polar surface area (TPSA) is 85.1 Å². The van der Waals surface area contributed by atoms with Gasteiger partial charge in [-0.1, -0.05) is 18.5 Å². The lowest BCUT2D eigenvalue weighted by atomic mass is 10.0. The Morgan fingerprint density at radius 3 is 2.95 bits per heavy atom. The average Bonchev–Trinajstić information content (AvgIpc) is 3.05. The van der Waals surface area contributed by atoms with Crippen molar-refractivity contribution < 1.29 is 12.9 Å². The number of nitrogens with zero attached hydrogens (tertiary/aromatic N) is 2. The molecule has 1 aromatic rings. The Balaban J connectivity index is 1.60. The van der Waals surface area contributed by atoms with E-state index in [0.29, 0.717) is 24.8 Å². The molecule has 3 rings (SSSR count). The third-order valence-corrected chi connectivity index (χ3v) is 6.43. The highest BCUT2D eigenvalue weighted by atomic mass is 32.2. The zero-order valence-electron chi connectivity index (χ0n) is 12.4. The van der Waals surface area contributed by atoms with Gasteiger partial charge in [-0.15, -0.1) is 0 Å². The summed E-state index contributed by atoms with van der Waals surface area (Å²) < 4.78 is 28.6. The van der Waals surface area contributed by atoms with E-state index in [0.717, 1.165) is 24.6 Å². The molecule has 6 nitrogen and oxygen atoms in total. The van der Waals surface area contributed by atoms with Crippen molar-refractivity contribution in [2.45, 2.75) is 51.0 Å². The number of hydrogen-bond acceptors (Lipinski definition) is 6. The molecule has 0 amide bonds. The van der Waals surface area contributed by atoms with Crippen LogP contribution in [0.15, 0.2) is 4.52 Å². The first-order valence-corrected chi connectivity index (χ1v) is 9.64. The fourth-order valence-corrected chi connectivity index (χ4v) is 4.85. The first-order valence-electron chi connectivity index (χ1n) is 7.82. The molecular formula is C14H23N3O3S. The Kier molecular flexibility index (Phi) is 4.31. The second kappa shape index (κ2) is 6.04. The molecule has 1 saturated carbocycles. The standard InChI is InChI=1S/C14H23N3O3S/c1-2-10-3-4-11(7-10)14-16-13(20-17-14)8-12-9-21(18,19)6-5-15-12/h10-12,15H,2-9H2,1H3. The molecule has 2 heterocycles. The van der Waals surface area contributed by atoms with Crippen molar-refractivity contribution >= 4 is 9.84 Å². The molecule has 2 fully saturated rings. The molecule has 21 heavy (non-hydrogen) atoms. The summed E-state index contributed by atoms with van der Waals surface area (Å²) in [6.07, 6.45) is 5.23. The molecule has 3 unspecified atom stereocenters. The second-order valence-corrected chi connectivity index (χ2v) is 8.53. The van der Waals surface area contributed by atoms with Crippen molar-refractivity contribution in [2.24, 2.45) is 5.92 Å². The molecule has 7 heteroatoms. The fraction of sp³-hybridized carbons (Fsp3) is 0.857.